The number of nitrogens with one attached hydrogen (secondary N) is 2. The number of H-pyrrole nitrogens is 1. The lowest BCUT2D eigenvalue weighted by Crippen LogP contribution is -2.48. The number of carbonyl (C=O) groups excluding carboxylic acids is 1. The maximum Gasteiger partial charge on any atom is 0.316 e. The molecule has 0 saturated carbocycles. The molecule has 1 amide bonds. The number of ether oxygens (including phenoxy) is 3. The number of aromatic nitrogens is 4. The van der Waals surface area contributed by atoms with Crippen LogP contribution in [-0.2, 0) is 14.3 Å². The molecule has 0 spiro atoms. The molecular formula is C25H28FN5O5. The summed E-state index contributed by atoms with van der Waals surface area (Å²) in [4.78, 5) is 28.9. The molecule has 2 aromatic heterocycles. The number of rotatable bonds is 10. The van der Waals surface area contributed by atoms with E-state index in [4.69, 9.17) is 19.3 Å². The van der Waals surface area contributed by atoms with E-state index in [-0.39, 0.29) is 44.2 Å². The van der Waals surface area contributed by atoms with Gasteiger partial charge in [0.2, 0.25) is 12.2 Å². The number of hydrogen-bond acceptors (Lipinski definition) is 8. The Bertz CT molecular complexity index is 1190. The summed E-state index contributed by atoms with van der Waals surface area (Å²) >= 11 is 0. The number of halogens is 1. The van der Waals surface area contributed by atoms with Gasteiger partial charge in [0, 0.05) is 31.3 Å². The van der Waals surface area contributed by atoms with Crippen LogP contribution in [0.15, 0.2) is 49.2 Å². The fraction of sp³-hybridized carbons (Fsp3) is 0.360. The Morgan fingerprint density at radius 2 is 2.06 bits per heavy atom. The first-order valence-electron chi connectivity index (χ1n) is 11.5. The average Bonchev–Trinajstić information content (AvgIpc) is 3.34. The molecule has 1 aliphatic heterocycles. The lowest BCUT2D eigenvalue weighted by Gasteiger charge is -2.35. The van der Waals surface area contributed by atoms with Crippen molar-refractivity contribution in [3.05, 3.63) is 60.8 Å². The Balaban J connectivity index is 1.61. The smallest absolute Gasteiger partial charge is 0.316 e. The predicted octanol–water partition coefficient (Wildman–Crippen LogP) is 2.79. The van der Waals surface area contributed by atoms with Crippen LogP contribution in [0.1, 0.15) is 25.5 Å². The van der Waals surface area contributed by atoms with Crippen molar-refractivity contribution in [2.75, 3.05) is 33.0 Å². The molecule has 0 aliphatic carbocycles. The van der Waals surface area contributed by atoms with Gasteiger partial charge in [0.15, 0.2) is 5.82 Å². The van der Waals surface area contributed by atoms with Crippen molar-refractivity contribution in [2.24, 2.45) is 5.41 Å². The van der Waals surface area contributed by atoms with E-state index in [0.29, 0.717) is 41.4 Å². The number of hydrogen-bond donors (Lipinski definition) is 3. The van der Waals surface area contributed by atoms with Crippen LogP contribution in [0.25, 0.3) is 22.6 Å². The molecule has 0 atom stereocenters. The zero-order chi connectivity index (χ0) is 25.5. The summed E-state index contributed by atoms with van der Waals surface area (Å²) in [6.07, 6.45) is 2.75. The van der Waals surface area contributed by atoms with Crippen molar-refractivity contribution in [3.63, 3.8) is 0 Å². The van der Waals surface area contributed by atoms with Crippen LogP contribution < -0.4 is 10.1 Å². The van der Waals surface area contributed by atoms with Crippen molar-refractivity contribution < 1.29 is 28.5 Å². The highest BCUT2D eigenvalue weighted by Gasteiger charge is 2.40. The largest absolute Gasteiger partial charge is 0.463 e. The lowest BCUT2D eigenvalue weighted by molar-refractivity contribution is -0.230. The van der Waals surface area contributed by atoms with Gasteiger partial charge in [-0.1, -0.05) is 6.08 Å². The van der Waals surface area contributed by atoms with Crippen molar-refractivity contribution in [1.82, 2.24) is 25.3 Å². The van der Waals surface area contributed by atoms with Crippen molar-refractivity contribution in [2.45, 2.75) is 19.6 Å². The highest BCUT2D eigenvalue weighted by molar-refractivity contribution is 5.82. The predicted molar refractivity (Wildman–Crippen MR) is 128 cm³/mol. The SMILES string of the molecule is C=CCNC(=O)C1(C)COC(c2nc(-c3ccc(F)cc3)c(-c3ccnc(OCCCO)n3)[nH]2)OC1. The summed E-state index contributed by atoms with van der Waals surface area (Å²) in [5.74, 6) is -0.187. The van der Waals surface area contributed by atoms with E-state index in [1.54, 1.807) is 37.4 Å². The number of benzene rings is 1. The number of nitrogens with zero attached hydrogens (tertiary/aromatic N) is 3. The van der Waals surface area contributed by atoms with Gasteiger partial charge in [-0.15, -0.1) is 6.58 Å². The second kappa shape index (κ2) is 11.4. The van der Waals surface area contributed by atoms with Gasteiger partial charge in [0.05, 0.1) is 42.3 Å². The van der Waals surface area contributed by atoms with E-state index in [2.05, 4.69) is 31.8 Å². The number of aliphatic hydroxyl groups is 1. The number of aliphatic hydroxyl groups excluding tert-OH is 1. The van der Waals surface area contributed by atoms with Gasteiger partial charge in [0.1, 0.15) is 5.82 Å². The fourth-order valence-electron chi connectivity index (χ4n) is 3.56. The van der Waals surface area contributed by atoms with Crippen LogP contribution in [0.4, 0.5) is 4.39 Å². The first-order valence-corrected chi connectivity index (χ1v) is 11.5. The zero-order valence-electron chi connectivity index (χ0n) is 19.9. The third kappa shape index (κ3) is 5.76. The highest BCUT2D eigenvalue weighted by Crippen LogP contribution is 2.35. The summed E-state index contributed by atoms with van der Waals surface area (Å²) in [5, 5.41) is 11.7. The maximum absolute atomic E-state index is 13.6. The molecule has 3 heterocycles. The monoisotopic (exact) mass is 497 g/mol. The Kier molecular flexibility index (Phi) is 8.04. The van der Waals surface area contributed by atoms with Crippen LogP contribution in [0.3, 0.4) is 0 Å². The van der Waals surface area contributed by atoms with Crippen molar-refractivity contribution in [1.29, 1.82) is 0 Å². The Morgan fingerprint density at radius 3 is 2.75 bits per heavy atom. The van der Waals surface area contributed by atoms with Gasteiger partial charge in [-0.25, -0.2) is 14.4 Å². The molecule has 1 aliphatic rings. The summed E-state index contributed by atoms with van der Waals surface area (Å²) in [6.45, 7) is 6.23. The first kappa shape index (κ1) is 25.4. The molecule has 36 heavy (non-hydrogen) atoms. The van der Waals surface area contributed by atoms with Crippen molar-refractivity contribution >= 4 is 5.91 Å². The number of imidazole rings is 1. The Morgan fingerprint density at radius 1 is 1.31 bits per heavy atom. The summed E-state index contributed by atoms with van der Waals surface area (Å²) in [5.41, 5.74) is 1.33. The highest BCUT2D eigenvalue weighted by atomic mass is 19.1. The van der Waals surface area contributed by atoms with E-state index in [1.807, 2.05) is 0 Å². The number of aromatic amines is 1. The summed E-state index contributed by atoms with van der Waals surface area (Å²) in [7, 11) is 0. The van der Waals surface area contributed by atoms with Crippen LogP contribution in [0.2, 0.25) is 0 Å². The third-order valence-electron chi connectivity index (χ3n) is 5.55. The maximum atomic E-state index is 13.6. The minimum absolute atomic E-state index is 0.00529. The molecule has 190 valence electrons. The Hall–Kier alpha value is -3.67. The van der Waals surface area contributed by atoms with Gasteiger partial charge in [-0.2, -0.15) is 4.98 Å². The zero-order valence-corrected chi connectivity index (χ0v) is 19.9. The van der Waals surface area contributed by atoms with Crippen LogP contribution in [0, 0.1) is 11.2 Å². The van der Waals surface area contributed by atoms with Crippen LogP contribution in [0.5, 0.6) is 6.01 Å². The van der Waals surface area contributed by atoms with E-state index < -0.39 is 11.7 Å². The van der Waals surface area contributed by atoms with E-state index in [0.717, 1.165) is 0 Å². The Labute approximate surface area is 207 Å². The van der Waals surface area contributed by atoms with E-state index in [9.17, 15) is 9.18 Å². The standard InChI is InChI=1S/C25H28FN5O5/c1-3-10-27-23(33)25(2)14-35-22(36-15-25)21-30-19(16-5-7-17(26)8-6-16)20(31-21)18-9-11-28-24(29-18)34-13-4-12-32/h3,5-9,11,22,32H,1,4,10,12-15H2,2H3,(H,27,33)(H,30,31). The van der Waals surface area contributed by atoms with Gasteiger partial charge in [-0.05, 0) is 37.3 Å². The molecular weight excluding hydrogens is 469 g/mol. The molecule has 4 rings (SSSR count). The molecule has 1 saturated heterocycles. The molecule has 3 N–H and O–H groups in total. The van der Waals surface area contributed by atoms with Gasteiger partial charge < -0.3 is 29.6 Å². The third-order valence-corrected chi connectivity index (χ3v) is 5.55. The fourth-order valence-corrected chi connectivity index (χ4v) is 3.56. The first-order chi connectivity index (χ1) is 17.4. The molecule has 10 nitrogen and oxygen atoms in total. The summed E-state index contributed by atoms with van der Waals surface area (Å²) < 4.78 is 30.9. The topological polar surface area (TPSA) is 131 Å². The average molecular weight is 498 g/mol. The molecule has 3 aromatic rings. The van der Waals surface area contributed by atoms with Crippen LogP contribution >= 0.6 is 0 Å². The number of carbonyl (C=O) groups is 1. The molecule has 1 fully saturated rings. The molecule has 0 radical (unpaired) electrons. The van der Waals surface area contributed by atoms with Gasteiger partial charge >= 0.3 is 6.01 Å². The second-order valence-corrected chi connectivity index (χ2v) is 8.52. The van der Waals surface area contributed by atoms with Crippen LogP contribution in [-0.4, -0.2) is 63.9 Å². The minimum Gasteiger partial charge on any atom is -0.463 e. The van der Waals surface area contributed by atoms with E-state index in [1.165, 1.54) is 12.1 Å². The molecule has 0 unspecified atom stereocenters. The number of amides is 1. The quantitative estimate of drug-likeness (QED) is 0.288. The second-order valence-electron chi connectivity index (χ2n) is 8.52. The van der Waals surface area contributed by atoms with E-state index >= 15 is 0 Å². The molecule has 0 bridgehead atoms. The van der Waals surface area contributed by atoms with Crippen molar-refractivity contribution in [3.8, 4) is 28.7 Å². The van der Waals surface area contributed by atoms with Gasteiger partial charge in [0.25, 0.3) is 0 Å². The molecule has 1 aromatic carbocycles. The lowest BCUT2D eigenvalue weighted by atomic mass is 9.91. The minimum atomic E-state index is -0.859. The summed E-state index contributed by atoms with van der Waals surface area (Å²) in [6, 6.07) is 7.75. The molecule has 11 heteroatoms. The normalized spacial score (nSPS) is 19.6. The van der Waals surface area contributed by atoms with Gasteiger partial charge in [-0.3, -0.25) is 4.79 Å².